The van der Waals surface area contributed by atoms with Crippen molar-refractivity contribution in [3.8, 4) is 0 Å². The Morgan fingerprint density at radius 2 is 1.74 bits per heavy atom. The molecule has 23 heavy (non-hydrogen) atoms. The normalized spacial score (nSPS) is 15.4. The largest absolute Gasteiger partial charge is 0.328 e. The van der Waals surface area contributed by atoms with Crippen LogP contribution in [-0.4, -0.2) is 31.7 Å². The van der Waals surface area contributed by atoms with Crippen molar-refractivity contribution in [2.24, 2.45) is 0 Å². The molecule has 0 radical (unpaired) electrons. The van der Waals surface area contributed by atoms with E-state index < -0.39 is 0 Å². The third-order valence-electron chi connectivity index (χ3n) is 4.76. The van der Waals surface area contributed by atoms with Crippen LogP contribution in [0.5, 0.6) is 0 Å². The molecule has 0 aliphatic carbocycles. The minimum absolute atomic E-state index is 1.07. The van der Waals surface area contributed by atoms with Gasteiger partial charge < -0.3 is 4.48 Å². The second-order valence-corrected chi connectivity index (χ2v) is 8.06. The molecule has 0 aromatic heterocycles. The van der Waals surface area contributed by atoms with Gasteiger partial charge >= 0.3 is 0 Å². The Morgan fingerprint density at radius 1 is 1.00 bits per heavy atom. The van der Waals surface area contributed by atoms with Crippen LogP contribution in [0.4, 0.5) is 0 Å². The van der Waals surface area contributed by atoms with Crippen molar-refractivity contribution >= 4 is 17.3 Å². The molecule has 1 aliphatic heterocycles. The van der Waals surface area contributed by atoms with Crippen LogP contribution in [0, 0.1) is 6.92 Å². The Labute approximate surface area is 144 Å². The van der Waals surface area contributed by atoms with Gasteiger partial charge in [0.15, 0.2) is 0 Å². The van der Waals surface area contributed by atoms with Gasteiger partial charge in [-0.3, -0.25) is 0 Å². The first kappa shape index (κ1) is 16.4. The quantitative estimate of drug-likeness (QED) is 0.581. The van der Waals surface area contributed by atoms with E-state index in [-0.39, 0.29) is 0 Å². The van der Waals surface area contributed by atoms with Crippen molar-refractivity contribution < 1.29 is 4.48 Å². The average Bonchev–Trinajstić information content (AvgIpc) is 2.54. The molecule has 0 saturated carbocycles. The van der Waals surface area contributed by atoms with Crippen molar-refractivity contribution in [1.29, 1.82) is 0 Å². The van der Waals surface area contributed by atoms with Crippen LogP contribution in [0.3, 0.4) is 0 Å². The maximum Gasteiger partial charge on any atom is 0.0817 e. The summed E-state index contributed by atoms with van der Waals surface area (Å²) in [4.78, 5) is 2.75. The van der Waals surface area contributed by atoms with E-state index in [0.29, 0.717) is 0 Å². The number of benzene rings is 2. The van der Waals surface area contributed by atoms with E-state index in [1.54, 1.807) is 0 Å². The summed E-state index contributed by atoms with van der Waals surface area (Å²) in [6.07, 6.45) is 3.56. The molecule has 3 rings (SSSR count). The van der Waals surface area contributed by atoms with Gasteiger partial charge in [0.05, 0.1) is 27.2 Å². The second-order valence-electron chi connectivity index (χ2n) is 6.98. The Morgan fingerprint density at radius 3 is 2.52 bits per heavy atom. The van der Waals surface area contributed by atoms with Gasteiger partial charge in [0, 0.05) is 16.2 Å². The fraction of sp³-hybridized carbons (Fsp3) is 0.333. The lowest BCUT2D eigenvalue weighted by Gasteiger charge is -2.28. The van der Waals surface area contributed by atoms with E-state index in [1.807, 2.05) is 11.8 Å². The van der Waals surface area contributed by atoms with Crippen molar-refractivity contribution in [1.82, 2.24) is 0 Å². The first-order valence-electron chi connectivity index (χ1n) is 8.40. The fourth-order valence-electron chi connectivity index (χ4n) is 2.92. The maximum atomic E-state index is 2.45. The SMILES string of the molecule is CC[N+](C)(C)CCC=C1c2ccccc2Sc2ccc(C)cc21. The lowest BCUT2D eigenvalue weighted by atomic mass is 9.95. The first-order valence-corrected chi connectivity index (χ1v) is 9.22. The van der Waals surface area contributed by atoms with Crippen LogP contribution in [0.2, 0.25) is 0 Å². The van der Waals surface area contributed by atoms with Gasteiger partial charge in [-0.05, 0) is 42.7 Å². The van der Waals surface area contributed by atoms with Crippen LogP contribution in [0.25, 0.3) is 5.57 Å². The van der Waals surface area contributed by atoms with Crippen LogP contribution in [0.15, 0.2) is 58.3 Å². The monoisotopic (exact) mass is 324 g/mol. The zero-order chi connectivity index (χ0) is 16.4. The molecule has 0 spiro atoms. The number of quaternary nitrogens is 1. The molecule has 0 N–H and O–H groups in total. The second kappa shape index (κ2) is 6.54. The van der Waals surface area contributed by atoms with Gasteiger partial charge in [-0.15, -0.1) is 0 Å². The van der Waals surface area contributed by atoms with Gasteiger partial charge in [-0.25, -0.2) is 0 Å². The molecule has 1 heterocycles. The smallest absolute Gasteiger partial charge is 0.0817 e. The lowest BCUT2D eigenvalue weighted by Crippen LogP contribution is -2.39. The molecule has 0 unspecified atom stereocenters. The molecule has 2 heteroatoms. The number of hydrogen-bond acceptors (Lipinski definition) is 1. The molecule has 0 bridgehead atoms. The Kier molecular flexibility index (Phi) is 4.65. The maximum absolute atomic E-state index is 2.45. The van der Waals surface area contributed by atoms with E-state index in [0.717, 1.165) is 10.9 Å². The molecule has 1 aliphatic rings. The number of rotatable bonds is 4. The molecule has 0 saturated heterocycles. The van der Waals surface area contributed by atoms with Crippen LogP contribution < -0.4 is 0 Å². The third-order valence-corrected chi connectivity index (χ3v) is 5.91. The first-order chi connectivity index (χ1) is 11.0. The molecule has 1 nitrogen and oxygen atoms in total. The Balaban J connectivity index is 2.00. The summed E-state index contributed by atoms with van der Waals surface area (Å²) >= 11 is 1.89. The van der Waals surface area contributed by atoms with E-state index >= 15 is 0 Å². The van der Waals surface area contributed by atoms with Crippen LogP contribution >= 0.6 is 11.8 Å². The molecule has 0 atom stereocenters. The molecule has 2 aromatic rings. The van der Waals surface area contributed by atoms with Gasteiger partial charge in [0.2, 0.25) is 0 Å². The predicted octanol–water partition coefficient (Wildman–Crippen LogP) is 5.38. The summed E-state index contributed by atoms with van der Waals surface area (Å²) in [5.74, 6) is 0. The number of aryl methyl sites for hydroxylation is 1. The van der Waals surface area contributed by atoms with Gasteiger partial charge in [0.1, 0.15) is 0 Å². The molecular formula is C21H26NS+. The van der Waals surface area contributed by atoms with E-state index in [1.165, 1.54) is 45.1 Å². The Bertz CT molecular complexity index is 743. The van der Waals surface area contributed by atoms with E-state index in [2.05, 4.69) is 76.5 Å². The zero-order valence-corrected chi connectivity index (χ0v) is 15.4. The number of nitrogens with zero attached hydrogens (tertiary/aromatic N) is 1. The zero-order valence-electron chi connectivity index (χ0n) is 14.6. The summed E-state index contributed by atoms with van der Waals surface area (Å²) in [6.45, 7) is 6.79. The van der Waals surface area contributed by atoms with Crippen LogP contribution in [0.1, 0.15) is 30.0 Å². The topological polar surface area (TPSA) is 0 Å². The number of fused-ring (bicyclic) bond motifs is 2. The van der Waals surface area contributed by atoms with Crippen molar-refractivity contribution in [3.63, 3.8) is 0 Å². The van der Waals surface area contributed by atoms with Gasteiger partial charge in [-0.1, -0.05) is 53.7 Å². The highest BCUT2D eigenvalue weighted by molar-refractivity contribution is 7.99. The fourth-order valence-corrected chi connectivity index (χ4v) is 4.01. The minimum Gasteiger partial charge on any atom is -0.328 e. The summed E-state index contributed by atoms with van der Waals surface area (Å²) in [5, 5.41) is 0. The predicted molar refractivity (Wildman–Crippen MR) is 101 cm³/mol. The highest BCUT2D eigenvalue weighted by atomic mass is 32.2. The average molecular weight is 325 g/mol. The standard InChI is InChI=1S/C21H26NS/c1-5-22(3,4)14-8-10-17-18-9-6-7-11-20(18)23-21-13-12-16(2)15-19(17)21/h6-7,9-13,15H,5,8,14H2,1-4H3/q+1. The van der Waals surface area contributed by atoms with Crippen molar-refractivity contribution in [2.75, 3.05) is 27.2 Å². The number of hydrogen-bond donors (Lipinski definition) is 0. The Hall–Kier alpha value is -1.51. The summed E-state index contributed by atoms with van der Waals surface area (Å²) < 4.78 is 1.07. The van der Waals surface area contributed by atoms with E-state index in [4.69, 9.17) is 0 Å². The molecule has 0 fully saturated rings. The van der Waals surface area contributed by atoms with Crippen molar-refractivity contribution in [2.45, 2.75) is 30.1 Å². The minimum atomic E-state index is 1.07. The van der Waals surface area contributed by atoms with Crippen molar-refractivity contribution in [3.05, 3.63) is 65.2 Å². The summed E-state index contributed by atoms with van der Waals surface area (Å²) in [5.41, 5.74) is 5.53. The summed E-state index contributed by atoms with van der Waals surface area (Å²) in [7, 11) is 4.61. The molecule has 2 aromatic carbocycles. The molecule has 120 valence electrons. The van der Waals surface area contributed by atoms with Crippen LogP contribution in [-0.2, 0) is 0 Å². The summed E-state index contributed by atoms with van der Waals surface area (Å²) in [6, 6.07) is 15.6. The molecular weight excluding hydrogens is 298 g/mol. The third kappa shape index (κ3) is 3.54. The lowest BCUT2D eigenvalue weighted by molar-refractivity contribution is -0.888. The van der Waals surface area contributed by atoms with Gasteiger partial charge in [-0.2, -0.15) is 0 Å². The highest BCUT2D eigenvalue weighted by Gasteiger charge is 2.20. The van der Waals surface area contributed by atoms with E-state index in [9.17, 15) is 0 Å². The highest BCUT2D eigenvalue weighted by Crippen LogP contribution is 2.45. The molecule has 0 amide bonds. The van der Waals surface area contributed by atoms with Gasteiger partial charge in [0.25, 0.3) is 0 Å².